The third kappa shape index (κ3) is 3.62. The molecule has 1 aromatic carbocycles. The van der Waals surface area contributed by atoms with Gasteiger partial charge in [-0.2, -0.15) is 0 Å². The normalized spacial score (nSPS) is 13.8. The average Bonchev–Trinajstić information content (AvgIpc) is 2.20. The lowest BCUT2D eigenvalue weighted by Crippen LogP contribution is -2.15. The summed E-state index contributed by atoms with van der Waals surface area (Å²) in [4.78, 5) is 0.106. The summed E-state index contributed by atoms with van der Waals surface area (Å²) in [5.74, 6) is 0.0817. The Kier molecular flexibility index (Phi) is 5.10. The maximum absolute atomic E-state index is 12.0. The van der Waals surface area contributed by atoms with Gasteiger partial charge in [0.1, 0.15) is 0 Å². The first kappa shape index (κ1) is 14.3. The van der Waals surface area contributed by atoms with Gasteiger partial charge in [0, 0.05) is 10.4 Å². The highest BCUT2D eigenvalue weighted by Crippen LogP contribution is 2.27. The van der Waals surface area contributed by atoms with Crippen LogP contribution in [0.3, 0.4) is 0 Å². The molecule has 1 atom stereocenters. The lowest BCUT2D eigenvalue weighted by molar-refractivity contribution is 0.584. The molecule has 0 saturated carbocycles. The first-order chi connectivity index (χ1) is 7.36. The third-order valence-electron chi connectivity index (χ3n) is 2.00. The van der Waals surface area contributed by atoms with Gasteiger partial charge in [-0.3, -0.25) is 0 Å². The number of halogens is 3. The van der Waals surface area contributed by atoms with Gasteiger partial charge in [-0.25, -0.2) is 8.42 Å². The van der Waals surface area contributed by atoms with E-state index in [9.17, 15) is 8.42 Å². The zero-order valence-corrected chi connectivity index (χ0v) is 12.5. The van der Waals surface area contributed by atoms with Gasteiger partial charge < -0.3 is 0 Å². The van der Waals surface area contributed by atoms with Crippen LogP contribution in [-0.2, 0) is 9.84 Å². The largest absolute Gasteiger partial charge is 0.224 e. The van der Waals surface area contributed by atoms with Crippen molar-refractivity contribution >= 4 is 49.0 Å². The summed E-state index contributed by atoms with van der Waals surface area (Å²) in [5.41, 5.74) is 0. The van der Waals surface area contributed by atoms with Crippen LogP contribution in [0.5, 0.6) is 0 Å². The summed E-state index contributed by atoms with van der Waals surface area (Å²) >= 11 is 14.9. The third-order valence-corrected chi connectivity index (χ3v) is 5.79. The van der Waals surface area contributed by atoms with Crippen molar-refractivity contribution in [3.05, 3.63) is 28.2 Å². The van der Waals surface area contributed by atoms with E-state index in [1.165, 1.54) is 12.1 Å². The molecule has 0 aliphatic rings. The van der Waals surface area contributed by atoms with E-state index in [0.717, 1.165) is 0 Å². The predicted molar refractivity (Wildman–Crippen MR) is 71.5 cm³/mol. The molecule has 1 aromatic rings. The van der Waals surface area contributed by atoms with Gasteiger partial charge in [0.15, 0.2) is 9.84 Å². The minimum atomic E-state index is -3.37. The molecule has 1 rings (SSSR count). The van der Waals surface area contributed by atoms with Crippen molar-refractivity contribution in [2.75, 3.05) is 11.1 Å². The smallest absolute Gasteiger partial charge is 0.180 e. The van der Waals surface area contributed by atoms with Crippen LogP contribution < -0.4 is 0 Å². The molecule has 0 aliphatic heterocycles. The topological polar surface area (TPSA) is 34.1 Å². The van der Waals surface area contributed by atoms with E-state index >= 15 is 0 Å². The quantitative estimate of drug-likeness (QED) is 0.778. The highest BCUT2D eigenvalue weighted by molar-refractivity contribution is 9.09. The van der Waals surface area contributed by atoms with Crippen molar-refractivity contribution in [2.24, 2.45) is 5.92 Å². The summed E-state index contributed by atoms with van der Waals surface area (Å²) in [5, 5.41) is 1.21. The van der Waals surface area contributed by atoms with E-state index in [4.69, 9.17) is 23.2 Å². The Morgan fingerprint density at radius 1 is 1.38 bits per heavy atom. The molecular weight excluding hydrogens is 335 g/mol. The Morgan fingerprint density at radius 2 is 2.00 bits per heavy atom. The van der Waals surface area contributed by atoms with Crippen LogP contribution in [0.25, 0.3) is 0 Å². The first-order valence-corrected chi connectivity index (χ1v) is 8.13. The number of hydrogen-bond acceptors (Lipinski definition) is 2. The maximum Gasteiger partial charge on any atom is 0.180 e. The minimum absolute atomic E-state index is 0.0278. The van der Waals surface area contributed by atoms with Gasteiger partial charge in [-0.15, -0.1) is 0 Å². The van der Waals surface area contributed by atoms with Gasteiger partial charge in [0.05, 0.1) is 15.7 Å². The van der Waals surface area contributed by atoms with Crippen molar-refractivity contribution < 1.29 is 8.42 Å². The Hall–Kier alpha value is 0.230. The Balaban J connectivity index is 3.12. The van der Waals surface area contributed by atoms with Gasteiger partial charge in [0.2, 0.25) is 0 Å². The lowest BCUT2D eigenvalue weighted by Gasteiger charge is -2.10. The summed E-state index contributed by atoms with van der Waals surface area (Å²) in [6.07, 6.45) is 0. The summed E-state index contributed by atoms with van der Waals surface area (Å²) in [6.45, 7) is 1.85. The fraction of sp³-hybridized carbons (Fsp3) is 0.400. The van der Waals surface area contributed by atoms with Crippen molar-refractivity contribution in [2.45, 2.75) is 11.8 Å². The van der Waals surface area contributed by atoms with Crippen LogP contribution in [0.15, 0.2) is 23.1 Å². The number of rotatable bonds is 4. The van der Waals surface area contributed by atoms with Gasteiger partial charge in [-0.05, 0) is 24.1 Å². The summed E-state index contributed by atoms with van der Waals surface area (Å²) in [7, 11) is -3.37. The van der Waals surface area contributed by atoms with Crippen LogP contribution in [0, 0.1) is 5.92 Å². The second-order valence-corrected chi connectivity index (χ2v) is 7.11. The zero-order chi connectivity index (χ0) is 12.3. The molecule has 0 saturated heterocycles. The molecule has 0 amide bonds. The van der Waals surface area contributed by atoms with Crippen molar-refractivity contribution in [1.29, 1.82) is 0 Å². The Labute approximate surface area is 114 Å². The van der Waals surface area contributed by atoms with E-state index in [2.05, 4.69) is 15.9 Å². The summed E-state index contributed by atoms with van der Waals surface area (Å²) < 4.78 is 24.0. The molecule has 90 valence electrons. The molecule has 6 heteroatoms. The highest BCUT2D eigenvalue weighted by Gasteiger charge is 2.21. The maximum atomic E-state index is 12.0. The Morgan fingerprint density at radius 3 is 2.56 bits per heavy atom. The molecule has 0 heterocycles. The van der Waals surface area contributed by atoms with Crippen molar-refractivity contribution in [3.63, 3.8) is 0 Å². The van der Waals surface area contributed by atoms with Crippen LogP contribution in [0.1, 0.15) is 6.92 Å². The second kappa shape index (κ2) is 5.71. The van der Waals surface area contributed by atoms with Crippen LogP contribution in [0.4, 0.5) is 0 Å². The van der Waals surface area contributed by atoms with E-state index < -0.39 is 9.84 Å². The second-order valence-electron chi connectivity index (χ2n) is 3.62. The molecule has 0 aromatic heterocycles. The SMILES string of the molecule is CC(CBr)CS(=O)(=O)c1cc(Cl)ccc1Cl. The molecule has 0 fully saturated rings. The van der Waals surface area contributed by atoms with E-state index in [1.807, 2.05) is 6.92 Å². The van der Waals surface area contributed by atoms with Crippen LogP contribution in [-0.4, -0.2) is 19.5 Å². The van der Waals surface area contributed by atoms with E-state index in [0.29, 0.717) is 10.4 Å². The average molecular weight is 346 g/mol. The molecule has 0 radical (unpaired) electrons. The fourth-order valence-electron chi connectivity index (χ4n) is 1.22. The zero-order valence-electron chi connectivity index (χ0n) is 8.58. The highest BCUT2D eigenvalue weighted by atomic mass is 79.9. The molecule has 0 spiro atoms. The fourth-order valence-corrected chi connectivity index (χ4v) is 4.18. The standard InChI is InChI=1S/C10H11BrCl2O2S/c1-7(5-11)6-16(14,15)10-4-8(12)2-3-9(10)13/h2-4,7H,5-6H2,1H3. The van der Waals surface area contributed by atoms with Crippen LogP contribution in [0.2, 0.25) is 10.0 Å². The number of alkyl halides is 1. The van der Waals surface area contributed by atoms with Gasteiger partial charge in [-0.1, -0.05) is 46.1 Å². The van der Waals surface area contributed by atoms with Gasteiger partial charge >= 0.3 is 0 Å². The first-order valence-electron chi connectivity index (χ1n) is 4.60. The molecular formula is C10H11BrCl2O2S. The van der Waals surface area contributed by atoms with E-state index in [1.54, 1.807) is 6.07 Å². The van der Waals surface area contributed by atoms with Crippen LogP contribution >= 0.6 is 39.1 Å². The number of sulfone groups is 1. The predicted octanol–water partition coefficient (Wildman–Crippen LogP) is 3.80. The van der Waals surface area contributed by atoms with Gasteiger partial charge in [0.25, 0.3) is 0 Å². The Bertz CT molecular complexity index is 474. The number of hydrogen-bond donors (Lipinski definition) is 0. The molecule has 1 unspecified atom stereocenters. The monoisotopic (exact) mass is 344 g/mol. The van der Waals surface area contributed by atoms with E-state index in [-0.39, 0.29) is 21.6 Å². The molecule has 0 aliphatic carbocycles. The lowest BCUT2D eigenvalue weighted by atomic mass is 10.3. The molecule has 0 N–H and O–H groups in total. The van der Waals surface area contributed by atoms with Crippen molar-refractivity contribution in [1.82, 2.24) is 0 Å². The minimum Gasteiger partial charge on any atom is -0.224 e. The molecule has 2 nitrogen and oxygen atoms in total. The van der Waals surface area contributed by atoms with Crippen molar-refractivity contribution in [3.8, 4) is 0 Å². The summed E-state index contributed by atoms with van der Waals surface area (Å²) in [6, 6.07) is 4.45. The molecule has 16 heavy (non-hydrogen) atoms. The number of benzene rings is 1. The molecule has 0 bridgehead atoms.